The number of rotatable bonds is 4. The second-order valence-electron chi connectivity index (χ2n) is 15.0. The van der Waals surface area contributed by atoms with E-state index in [4.69, 9.17) is 15.0 Å². The molecule has 0 bridgehead atoms. The van der Waals surface area contributed by atoms with E-state index in [1.165, 1.54) is 66.5 Å². The molecule has 0 saturated carbocycles. The van der Waals surface area contributed by atoms with Crippen molar-refractivity contribution in [3.8, 4) is 67.5 Å². The first kappa shape index (κ1) is 31.2. The highest BCUT2D eigenvalue weighted by Crippen LogP contribution is 2.57. The smallest absolute Gasteiger partial charge is 0.208 e. The Morgan fingerprint density at radius 2 is 0.786 bits per heavy atom. The molecule has 1 aromatic heterocycles. The van der Waals surface area contributed by atoms with Crippen molar-refractivity contribution in [3.63, 3.8) is 0 Å². The molecule has 0 N–H and O–H groups in total. The average Bonchev–Trinajstić information content (AvgIpc) is 3.77. The lowest BCUT2D eigenvalue weighted by Gasteiger charge is -2.42. The van der Waals surface area contributed by atoms with Gasteiger partial charge in [0.2, 0.25) is 6.71 Å². The van der Waals surface area contributed by atoms with Gasteiger partial charge in [0.05, 0.1) is 5.41 Å². The predicted molar refractivity (Wildman–Crippen MR) is 229 cm³/mol. The second-order valence-corrected chi connectivity index (χ2v) is 15.0. The predicted octanol–water partition coefficient (Wildman–Crippen LogP) is 9.71. The minimum Gasteiger partial charge on any atom is -0.208 e. The van der Waals surface area contributed by atoms with Gasteiger partial charge in [-0.05, 0) is 61.7 Å². The molecule has 1 unspecified atom stereocenters. The van der Waals surface area contributed by atoms with Crippen LogP contribution in [0.1, 0.15) is 22.3 Å². The van der Waals surface area contributed by atoms with Gasteiger partial charge in [-0.15, -0.1) is 0 Å². The Morgan fingerprint density at radius 3 is 1.48 bits per heavy atom. The van der Waals surface area contributed by atoms with Crippen molar-refractivity contribution in [1.29, 1.82) is 0 Å². The zero-order valence-electron chi connectivity index (χ0n) is 30.4. The van der Waals surface area contributed by atoms with Crippen LogP contribution in [0.15, 0.2) is 194 Å². The molecule has 4 heteroatoms. The van der Waals surface area contributed by atoms with Gasteiger partial charge in [-0.3, -0.25) is 0 Å². The van der Waals surface area contributed by atoms with Crippen molar-refractivity contribution >= 4 is 23.1 Å². The van der Waals surface area contributed by atoms with Gasteiger partial charge in [-0.25, -0.2) is 15.0 Å². The third-order valence-corrected chi connectivity index (χ3v) is 12.3. The number of hydrogen-bond donors (Lipinski definition) is 0. The Hall–Kier alpha value is -7.17. The van der Waals surface area contributed by atoms with Crippen LogP contribution in [0.3, 0.4) is 0 Å². The van der Waals surface area contributed by atoms with Gasteiger partial charge < -0.3 is 0 Å². The Labute approximate surface area is 326 Å². The first-order valence-electron chi connectivity index (χ1n) is 19.3. The van der Waals surface area contributed by atoms with E-state index in [0.717, 1.165) is 22.3 Å². The maximum Gasteiger partial charge on any atom is 0.243 e. The molecular weight excluding hydrogens is 677 g/mol. The molecule has 1 spiro atoms. The third kappa shape index (κ3) is 4.32. The number of hydrogen-bond acceptors (Lipinski definition) is 3. The Morgan fingerprint density at radius 1 is 0.304 bits per heavy atom. The highest BCUT2D eigenvalue weighted by Gasteiger charge is 2.54. The fraction of sp³-hybridized carbons (Fsp3) is 0.0192. The summed E-state index contributed by atoms with van der Waals surface area (Å²) in [6.45, 7) is 0.214. The van der Waals surface area contributed by atoms with Crippen LogP contribution in [0, 0.1) is 0 Å². The van der Waals surface area contributed by atoms with Crippen LogP contribution in [0.5, 0.6) is 0 Å². The lowest BCUT2D eigenvalue weighted by Crippen LogP contribution is -2.59. The largest absolute Gasteiger partial charge is 0.243 e. The lowest BCUT2D eigenvalue weighted by molar-refractivity contribution is 0.776. The zero-order chi connectivity index (χ0) is 36.8. The van der Waals surface area contributed by atoms with Gasteiger partial charge in [0.15, 0.2) is 17.5 Å². The van der Waals surface area contributed by atoms with Crippen LogP contribution in [0.2, 0.25) is 0 Å². The van der Waals surface area contributed by atoms with Gasteiger partial charge in [0, 0.05) is 16.7 Å². The number of aromatic nitrogens is 3. The second kappa shape index (κ2) is 11.9. The molecule has 3 aliphatic rings. The van der Waals surface area contributed by atoms with Crippen LogP contribution in [-0.2, 0) is 5.41 Å². The molecule has 3 nitrogen and oxygen atoms in total. The molecule has 2 aliphatic heterocycles. The number of fused-ring (bicyclic) bond motifs is 12. The highest BCUT2D eigenvalue weighted by atomic mass is 15.0. The van der Waals surface area contributed by atoms with Crippen LogP contribution in [0.25, 0.3) is 67.5 Å². The minimum atomic E-state index is -0.449. The third-order valence-electron chi connectivity index (χ3n) is 12.3. The van der Waals surface area contributed by atoms with Crippen molar-refractivity contribution in [2.75, 3.05) is 0 Å². The molecular formula is C52H32BN3. The van der Waals surface area contributed by atoms with E-state index in [9.17, 15) is 0 Å². The van der Waals surface area contributed by atoms with E-state index in [2.05, 4.69) is 133 Å². The highest BCUT2D eigenvalue weighted by molar-refractivity contribution is 7.00. The zero-order valence-corrected chi connectivity index (χ0v) is 30.4. The average molecular weight is 710 g/mol. The molecule has 12 rings (SSSR count). The SMILES string of the molecule is c1ccc(-c2nc(-c3ccccc3)nc(-c3ccc(-c4ccc5c(c4)C4(c6ccccc6B6c7ccccc7-c7cccc4c76)c4ccccc4-5)cc3)n2)cc1. The minimum absolute atomic E-state index is 0.214. The summed E-state index contributed by atoms with van der Waals surface area (Å²) in [5.41, 5.74) is 19.8. The summed E-state index contributed by atoms with van der Waals surface area (Å²) in [7, 11) is 0. The Balaban J connectivity index is 1.02. The monoisotopic (exact) mass is 709 g/mol. The summed E-state index contributed by atoms with van der Waals surface area (Å²) in [5.74, 6) is 1.97. The van der Waals surface area contributed by atoms with Crippen molar-refractivity contribution in [2.45, 2.75) is 5.41 Å². The van der Waals surface area contributed by atoms with E-state index in [1.54, 1.807) is 0 Å². The molecule has 0 radical (unpaired) electrons. The normalized spacial score (nSPS) is 15.2. The maximum atomic E-state index is 4.98. The van der Waals surface area contributed by atoms with E-state index in [0.29, 0.717) is 17.5 Å². The van der Waals surface area contributed by atoms with E-state index >= 15 is 0 Å². The summed E-state index contributed by atoms with van der Waals surface area (Å²) >= 11 is 0. The van der Waals surface area contributed by atoms with Crippen LogP contribution >= 0.6 is 0 Å². The molecule has 1 atom stereocenters. The summed E-state index contributed by atoms with van der Waals surface area (Å²) in [6.07, 6.45) is 0. The maximum absolute atomic E-state index is 4.98. The number of benzene rings is 8. The van der Waals surface area contributed by atoms with Crippen LogP contribution in [-0.4, -0.2) is 21.7 Å². The molecule has 8 aromatic carbocycles. The van der Waals surface area contributed by atoms with Gasteiger partial charge in [-0.1, -0.05) is 204 Å². The lowest BCUT2D eigenvalue weighted by atomic mass is 9.32. The van der Waals surface area contributed by atoms with Crippen molar-refractivity contribution in [3.05, 3.63) is 216 Å². The van der Waals surface area contributed by atoms with Crippen molar-refractivity contribution in [2.24, 2.45) is 0 Å². The van der Waals surface area contributed by atoms with E-state index in [1.807, 2.05) is 60.7 Å². The molecule has 56 heavy (non-hydrogen) atoms. The first-order valence-corrected chi connectivity index (χ1v) is 19.3. The van der Waals surface area contributed by atoms with Gasteiger partial charge >= 0.3 is 0 Å². The summed E-state index contributed by atoms with van der Waals surface area (Å²) < 4.78 is 0. The van der Waals surface area contributed by atoms with Crippen LogP contribution < -0.4 is 16.4 Å². The molecule has 9 aromatic rings. The Kier molecular flexibility index (Phi) is 6.64. The fourth-order valence-electron chi connectivity index (χ4n) is 9.93. The van der Waals surface area contributed by atoms with Gasteiger partial charge in [0.25, 0.3) is 0 Å². The van der Waals surface area contributed by atoms with Crippen molar-refractivity contribution < 1.29 is 0 Å². The summed E-state index contributed by atoms with van der Waals surface area (Å²) in [6, 6.07) is 70.4. The first-order chi connectivity index (χ1) is 27.8. The van der Waals surface area contributed by atoms with E-state index < -0.39 is 5.41 Å². The molecule has 0 amide bonds. The molecule has 1 aliphatic carbocycles. The van der Waals surface area contributed by atoms with E-state index in [-0.39, 0.29) is 6.71 Å². The van der Waals surface area contributed by atoms with Crippen LogP contribution in [0.4, 0.5) is 0 Å². The summed E-state index contributed by atoms with van der Waals surface area (Å²) in [4.78, 5) is 14.9. The van der Waals surface area contributed by atoms with Crippen molar-refractivity contribution in [1.82, 2.24) is 15.0 Å². The molecule has 258 valence electrons. The van der Waals surface area contributed by atoms with Gasteiger partial charge in [0.1, 0.15) is 0 Å². The van der Waals surface area contributed by atoms with Gasteiger partial charge in [-0.2, -0.15) is 0 Å². The standard InChI is InChI=1S/C52H32BN3/c1-3-14-34(15-4-1)49-54-50(35-16-5-2-6-17-35)56-51(55-49)36-28-26-33(27-29-36)37-30-31-39-38-18-7-9-21-42(38)52(45(39)32-37)43-22-10-12-25-47(43)53-46-24-11-8-19-40(46)41-20-13-23-44(52)48(41)53/h1-32H. The summed E-state index contributed by atoms with van der Waals surface area (Å²) in [5, 5.41) is 0. The molecule has 0 fully saturated rings. The molecule has 0 saturated heterocycles. The Bertz CT molecular complexity index is 2970. The topological polar surface area (TPSA) is 38.7 Å². The number of nitrogens with zero attached hydrogens (tertiary/aromatic N) is 3. The molecule has 3 heterocycles. The quantitative estimate of drug-likeness (QED) is 0.171. The fourth-order valence-corrected chi connectivity index (χ4v) is 9.93.